The third-order valence-corrected chi connectivity index (χ3v) is 3.91. The Kier molecular flexibility index (Phi) is 4.99. The number of rotatable bonds is 5. The van der Waals surface area contributed by atoms with Crippen LogP contribution in [0.3, 0.4) is 0 Å². The number of hydrogen-bond acceptors (Lipinski definition) is 4. The maximum absolute atomic E-state index is 12.5. The second-order valence-electron chi connectivity index (χ2n) is 6.40. The fraction of sp³-hybridized carbons (Fsp3) is 0.211. The van der Waals surface area contributed by atoms with Crippen LogP contribution in [0.1, 0.15) is 15.9 Å². The van der Waals surface area contributed by atoms with Crippen LogP contribution in [0.2, 0.25) is 0 Å². The molecule has 0 aliphatic heterocycles. The van der Waals surface area contributed by atoms with Crippen molar-refractivity contribution in [2.75, 3.05) is 31.3 Å². The molecular formula is C19H21N5O2. The van der Waals surface area contributed by atoms with Gasteiger partial charge in [0.05, 0.1) is 23.9 Å². The van der Waals surface area contributed by atoms with E-state index in [4.69, 9.17) is 0 Å². The Morgan fingerprint density at radius 1 is 1.12 bits per heavy atom. The summed E-state index contributed by atoms with van der Waals surface area (Å²) in [4.78, 5) is 33.4. The average molecular weight is 351 g/mol. The number of nitrogens with one attached hydrogen (secondary N) is 3. The lowest BCUT2D eigenvalue weighted by Crippen LogP contribution is -2.27. The summed E-state index contributed by atoms with van der Waals surface area (Å²) in [6, 6.07) is 10.7. The van der Waals surface area contributed by atoms with Gasteiger partial charge in [-0.2, -0.15) is 0 Å². The molecule has 1 heterocycles. The number of aryl methyl sites for hydroxylation is 1. The monoisotopic (exact) mass is 351 g/mol. The molecule has 2 amide bonds. The Morgan fingerprint density at radius 3 is 2.69 bits per heavy atom. The summed E-state index contributed by atoms with van der Waals surface area (Å²) in [7, 11) is 3.67. The van der Waals surface area contributed by atoms with E-state index in [1.807, 2.05) is 33.2 Å². The van der Waals surface area contributed by atoms with Crippen molar-refractivity contribution in [3.8, 4) is 0 Å². The lowest BCUT2D eigenvalue weighted by molar-refractivity contribution is -0.116. The molecule has 0 spiro atoms. The number of imidazole rings is 1. The number of carbonyl (C=O) groups excluding carboxylic acids is 2. The molecule has 0 radical (unpaired) electrons. The zero-order chi connectivity index (χ0) is 18.7. The van der Waals surface area contributed by atoms with Crippen LogP contribution >= 0.6 is 0 Å². The number of carbonyl (C=O) groups is 2. The van der Waals surface area contributed by atoms with Crippen molar-refractivity contribution in [3.05, 3.63) is 53.9 Å². The Hall–Kier alpha value is -3.19. The number of hydrogen-bond donors (Lipinski definition) is 3. The number of aromatic amines is 1. The van der Waals surface area contributed by atoms with E-state index in [1.54, 1.807) is 35.5 Å². The summed E-state index contributed by atoms with van der Waals surface area (Å²) in [6.07, 6.45) is 1.59. The van der Waals surface area contributed by atoms with Crippen LogP contribution in [-0.2, 0) is 4.79 Å². The molecule has 3 rings (SSSR count). The minimum Gasteiger partial charge on any atom is -0.345 e. The van der Waals surface area contributed by atoms with Crippen LogP contribution in [0.5, 0.6) is 0 Å². The van der Waals surface area contributed by atoms with Gasteiger partial charge in [0.15, 0.2) is 0 Å². The van der Waals surface area contributed by atoms with Crippen LogP contribution in [0, 0.1) is 6.92 Å². The molecule has 0 saturated heterocycles. The van der Waals surface area contributed by atoms with Gasteiger partial charge in [-0.25, -0.2) is 4.98 Å². The standard InChI is InChI=1S/C19H21N5O2/c1-12-4-6-14(9-16(12)23-18(25)10-24(2)3)22-19(26)13-5-7-15-17(8-13)21-11-20-15/h4-9,11H,10H2,1-3H3,(H,20,21)(H,22,26)(H,23,25). The number of fused-ring (bicyclic) bond motifs is 1. The van der Waals surface area contributed by atoms with Gasteiger partial charge in [0.2, 0.25) is 5.91 Å². The summed E-state index contributed by atoms with van der Waals surface area (Å²) in [6.45, 7) is 2.20. The van der Waals surface area contributed by atoms with Crippen LogP contribution in [0.15, 0.2) is 42.7 Å². The Bertz CT molecular complexity index is 961. The van der Waals surface area contributed by atoms with Crippen molar-refractivity contribution in [2.24, 2.45) is 0 Å². The minimum absolute atomic E-state index is 0.105. The summed E-state index contributed by atoms with van der Waals surface area (Å²) >= 11 is 0. The van der Waals surface area contributed by atoms with Crippen LogP contribution in [-0.4, -0.2) is 47.3 Å². The Balaban J connectivity index is 1.75. The second-order valence-corrected chi connectivity index (χ2v) is 6.40. The third-order valence-electron chi connectivity index (χ3n) is 3.91. The Morgan fingerprint density at radius 2 is 1.92 bits per heavy atom. The second kappa shape index (κ2) is 7.37. The Labute approximate surface area is 151 Å². The molecule has 7 heteroatoms. The molecule has 0 saturated carbocycles. The number of H-pyrrole nitrogens is 1. The largest absolute Gasteiger partial charge is 0.345 e. The molecule has 7 nitrogen and oxygen atoms in total. The first-order valence-electron chi connectivity index (χ1n) is 8.22. The maximum atomic E-state index is 12.5. The number of anilines is 2. The molecule has 0 fully saturated rings. The highest BCUT2D eigenvalue weighted by Gasteiger charge is 2.11. The number of aromatic nitrogens is 2. The highest BCUT2D eigenvalue weighted by Crippen LogP contribution is 2.21. The molecule has 0 aliphatic rings. The van der Waals surface area contributed by atoms with Gasteiger partial charge in [0.1, 0.15) is 0 Å². The lowest BCUT2D eigenvalue weighted by atomic mass is 10.1. The summed E-state index contributed by atoms with van der Waals surface area (Å²) in [5, 5.41) is 5.73. The number of amides is 2. The summed E-state index contributed by atoms with van der Waals surface area (Å²) in [5.41, 5.74) is 4.36. The molecule has 3 aromatic rings. The van der Waals surface area contributed by atoms with Crippen molar-refractivity contribution in [3.63, 3.8) is 0 Å². The van der Waals surface area contributed by atoms with E-state index in [1.165, 1.54) is 0 Å². The van der Waals surface area contributed by atoms with E-state index in [-0.39, 0.29) is 11.8 Å². The third kappa shape index (κ3) is 4.07. The summed E-state index contributed by atoms with van der Waals surface area (Å²) < 4.78 is 0. The van der Waals surface area contributed by atoms with Crippen molar-refractivity contribution in [1.29, 1.82) is 0 Å². The molecule has 0 atom stereocenters. The SMILES string of the molecule is Cc1ccc(NC(=O)c2ccc3nc[nH]c3c2)cc1NC(=O)CN(C)C. The quantitative estimate of drug-likeness (QED) is 0.659. The van der Waals surface area contributed by atoms with Gasteiger partial charge in [-0.3, -0.25) is 9.59 Å². The molecule has 26 heavy (non-hydrogen) atoms. The topological polar surface area (TPSA) is 90.1 Å². The van der Waals surface area contributed by atoms with Crippen LogP contribution in [0.25, 0.3) is 11.0 Å². The van der Waals surface area contributed by atoms with E-state index < -0.39 is 0 Å². The highest BCUT2D eigenvalue weighted by atomic mass is 16.2. The molecule has 3 N–H and O–H groups in total. The van der Waals surface area contributed by atoms with E-state index in [9.17, 15) is 9.59 Å². The number of benzene rings is 2. The normalized spacial score (nSPS) is 10.9. The van der Waals surface area contributed by atoms with Gasteiger partial charge in [-0.1, -0.05) is 6.07 Å². The summed E-state index contributed by atoms with van der Waals surface area (Å²) in [5.74, 6) is -0.331. The van der Waals surface area contributed by atoms with Gasteiger partial charge in [-0.05, 0) is 56.9 Å². The van der Waals surface area contributed by atoms with Gasteiger partial charge < -0.3 is 20.5 Å². The van der Waals surface area contributed by atoms with Gasteiger partial charge in [0.25, 0.3) is 5.91 Å². The lowest BCUT2D eigenvalue weighted by Gasteiger charge is -2.13. The zero-order valence-electron chi connectivity index (χ0n) is 15.0. The van der Waals surface area contributed by atoms with Gasteiger partial charge >= 0.3 is 0 Å². The van der Waals surface area contributed by atoms with E-state index in [2.05, 4.69) is 20.6 Å². The predicted octanol–water partition coefficient (Wildman–Crippen LogP) is 2.62. The fourth-order valence-corrected chi connectivity index (χ4v) is 2.59. The van der Waals surface area contributed by atoms with E-state index in [0.29, 0.717) is 23.5 Å². The van der Waals surface area contributed by atoms with Gasteiger partial charge in [-0.15, -0.1) is 0 Å². The van der Waals surface area contributed by atoms with Crippen LogP contribution in [0.4, 0.5) is 11.4 Å². The smallest absolute Gasteiger partial charge is 0.255 e. The molecule has 0 bridgehead atoms. The van der Waals surface area contributed by atoms with Crippen LogP contribution < -0.4 is 10.6 Å². The fourth-order valence-electron chi connectivity index (χ4n) is 2.59. The molecule has 1 aromatic heterocycles. The first-order valence-corrected chi connectivity index (χ1v) is 8.22. The number of likely N-dealkylation sites (N-methyl/N-ethyl adjacent to an activating group) is 1. The number of nitrogens with zero attached hydrogens (tertiary/aromatic N) is 2. The van der Waals surface area contributed by atoms with E-state index >= 15 is 0 Å². The minimum atomic E-state index is -0.226. The molecule has 0 unspecified atom stereocenters. The zero-order valence-corrected chi connectivity index (χ0v) is 15.0. The maximum Gasteiger partial charge on any atom is 0.255 e. The van der Waals surface area contributed by atoms with Crippen molar-refractivity contribution in [1.82, 2.24) is 14.9 Å². The molecular weight excluding hydrogens is 330 g/mol. The average Bonchev–Trinajstić information content (AvgIpc) is 3.04. The first-order chi connectivity index (χ1) is 12.4. The van der Waals surface area contributed by atoms with Crippen molar-refractivity contribution < 1.29 is 9.59 Å². The predicted molar refractivity (Wildman–Crippen MR) is 102 cm³/mol. The molecule has 2 aromatic carbocycles. The van der Waals surface area contributed by atoms with Gasteiger partial charge in [0, 0.05) is 16.9 Å². The molecule has 0 aliphatic carbocycles. The van der Waals surface area contributed by atoms with E-state index in [0.717, 1.165) is 16.6 Å². The highest BCUT2D eigenvalue weighted by molar-refractivity contribution is 6.06. The molecule has 134 valence electrons. The van der Waals surface area contributed by atoms with Crippen molar-refractivity contribution in [2.45, 2.75) is 6.92 Å². The first kappa shape index (κ1) is 17.6. The van der Waals surface area contributed by atoms with Crippen molar-refractivity contribution >= 4 is 34.2 Å².